The molecular formula is C18H14INO4S2. The summed E-state index contributed by atoms with van der Waals surface area (Å²) < 4.78 is 11.4. The molecule has 3 rings (SSSR count). The molecular weight excluding hydrogens is 485 g/mol. The number of rotatable bonds is 4. The second-order valence-electron chi connectivity index (χ2n) is 5.27. The predicted octanol–water partition coefficient (Wildman–Crippen LogP) is 4.42. The van der Waals surface area contributed by atoms with Crippen LogP contribution in [0.3, 0.4) is 0 Å². The van der Waals surface area contributed by atoms with E-state index in [0.29, 0.717) is 30.0 Å². The lowest BCUT2D eigenvalue weighted by molar-refractivity contribution is -0.113. The molecule has 0 saturated carbocycles. The number of methoxy groups -OCH3 is 2. The van der Waals surface area contributed by atoms with Crippen LogP contribution in [0.4, 0.5) is 5.69 Å². The molecule has 1 N–H and O–H groups in total. The van der Waals surface area contributed by atoms with E-state index in [9.17, 15) is 9.90 Å². The minimum Gasteiger partial charge on any atom is -0.504 e. The van der Waals surface area contributed by atoms with Gasteiger partial charge in [-0.1, -0.05) is 24.0 Å². The van der Waals surface area contributed by atoms with Gasteiger partial charge in [-0.3, -0.25) is 9.69 Å². The molecule has 5 nitrogen and oxygen atoms in total. The lowest BCUT2D eigenvalue weighted by Crippen LogP contribution is -2.27. The molecule has 0 radical (unpaired) electrons. The highest BCUT2D eigenvalue weighted by Gasteiger charge is 2.33. The molecule has 0 spiro atoms. The number of carbonyl (C=O) groups is 1. The molecule has 0 aliphatic carbocycles. The number of ether oxygens (including phenoxy) is 2. The summed E-state index contributed by atoms with van der Waals surface area (Å²) in [6.07, 6.45) is 1.74. The van der Waals surface area contributed by atoms with Crippen LogP contribution in [0.2, 0.25) is 0 Å². The molecule has 1 aliphatic heterocycles. The van der Waals surface area contributed by atoms with Crippen molar-refractivity contribution < 1.29 is 19.4 Å². The van der Waals surface area contributed by atoms with Gasteiger partial charge in [0.15, 0.2) is 15.8 Å². The zero-order valence-electron chi connectivity index (χ0n) is 13.9. The summed E-state index contributed by atoms with van der Waals surface area (Å²) in [5.41, 5.74) is 1.44. The third-order valence-electron chi connectivity index (χ3n) is 3.69. The van der Waals surface area contributed by atoms with E-state index < -0.39 is 0 Å². The Bertz CT molecular complexity index is 912. The number of aromatic hydroxyl groups is 1. The van der Waals surface area contributed by atoms with Crippen LogP contribution in [0, 0.1) is 3.57 Å². The summed E-state index contributed by atoms with van der Waals surface area (Å²) in [7, 11) is 3.07. The molecule has 1 aliphatic rings. The number of phenolic OH excluding ortho intramolecular Hbond substituents is 1. The number of halogens is 1. The summed E-state index contributed by atoms with van der Waals surface area (Å²) in [6, 6.07) is 10.6. The van der Waals surface area contributed by atoms with Gasteiger partial charge < -0.3 is 14.6 Å². The lowest BCUT2D eigenvalue weighted by atomic mass is 10.2. The molecule has 1 fully saturated rings. The smallest absolute Gasteiger partial charge is 0.270 e. The second-order valence-corrected chi connectivity index (χ2v) is 8.11. The van der Waals surface area contributed by atoms with Crippen LogP contribution in [-0.4, -0.2) is 29.6 Å². The SMILES string of the molecule is COc1ccc(N2C(=O)/C(=C/c3cc(I)c(O)c(OC)c3)SC2=S)cc1. The normalized spacial score (nSPS) is 15.7. The first-order valence-corrected chi connectivity index (χ1v) is 9.73. The number of thiocarbonyl (C=S) groups is 1. The van der Waals surface area contributed by atoms with Gasteiger partial charge in [0.05, 0.1) is 28.4 Å². The molecule has 2 aromatic rings. The average molecular weight is 499 g/mol. The molecule has 2 aromatic carbocycles. The number of hydrogen-bond donors (Lipinski definition) is 1. The lowest BCUT2D eigenvalue weighted by Gasteiger charge is -2.14. The molecule has 0 bridgehead atoms. The Kier molecular flexibility index (Phi) is 5.73. The highest BCUT2D eigenvalue weighted by atomic mass is 127. The van der Waals surface area contributed by atoms with Gasteiger partial charge in [0, 0.05) is 0 Å². The van der Waals surface area contributed by atoms with E-state index in [1.165, 1.54) is 23.8 Å². The van der Waals surface area contributed by atoms with Crippen LogP contribution in [0.1, 0.15) is 5.56 Å². The van der Waals surface area contributed by atoms with Crippen LogP contribution in [0.15, 0.2) is 41.3 Å². The standard InChI is InChI=1S/C18H14INO4S2/c1-23-12-5-3-11(4-6-12)20-17(22)15(26-18(20)25)9-10-7-13(19)16(21)14(8-10)24-2/h3-9,21H,1-2H3/b15-9-. The molecule has 26 heavy (non-hydrogen) atoms. The quantitative estimate of drug-likeness (QED) is 0.382. The van der Waals surface area contributed by atoms with E-state index in [0.717, 1.165) is 5.56 Å². The highest BCUT2D eigenvalue weighted by molar-refractivity contribution is 14.1. The predicted molar refractivity (Wildman–Crippen MR) is 116 cm³/mol. The van der Waals surface area contributed by atoms with Crippen molar-refractivity contribution in [2.75, 3.05) is 19.1 Å². The van der Waals surface area contributed by atoms with E-state index in [-0.39, 0.29) is 11.7 Å². The van der Waals surface area contributed by atoms with Crippen molar-refractivity contribution >= 4 is 68.6 Å². The zero-order chi connectivity index (χ0) is 18.8. The third kappa shape index (κ3) is 3.67. The number of anilines is 1. The first kappa shape index (κ1) is 19.0. The number of phenols is 1. The van der Waals surface area contributed by atoms with Gasteiger partial charge in [0.2, 0.25) is 0 Å². The zero-order valence-corrected chi connectivity index (χ0v) is 17.6. The van der Waals surface area contributed by atoms with E-state index >= 15 is 0 Å². The Labute approximate surface area is 174 Å². The van der Waals surface area contributed by atoms with Gasteiger partial charge in [-0.15, -0.1) is 0 Å². The minimum atomic E-state index is -0.188. The van der Waals surface area contributed by atoms with Gasteiger partial charge in [0.25, 0.3) is 5.91 Å². The first-order valence-electron chi connectivity index (χ1n) is 7.43. The van der Waals surface area contributed by atoms with Gasteiger partial charge in [-0.05, 0) is 70.6 Å². The van der Waals surface area contributed by atoms with E-state index in [4.69, 9.17) is 21.7 Å². The fraction of sp³-hybridized carbons (Fsp3) is 0.111. The number of benzene rings is 2. The van der Waals surface area contributed by atoms with Crippen LogP contribution in [0.25, 0.3) is 6.08 Å². The van der Waals surface area contributed by atoms with Crippen molar-refractivity contribution in [3.63, 3.8) is 0 Å². The van der Waals surface area contributed by atoms with Crippen LogP contribution >= 0.6 is 46.6 Å². The molecule has 1 saturated heterocycles. The molecule has 0 unspecified atom stereocenters. The van der Waals surface area contributed by atoms with Gasteiger partial charge in [0.1, 0.15) is 5.75 Å². The number of thioether (sulfide) groups is 1. The van der Waals surface area contributed by atoms with Crippen molar-refractivity contribution in [1.29, 1.82) is 0 Å². The second kappa shape index (κ2) is 7.85. The number of carbonyl (C=O) groups excluding carboxylic acids is 1. The minimum absolute atomic E-state index is 0.0797. The number of amides is 1. The summed E-state index contributed by atoms with van der Waals surface area (Å²) in [6.45, 7) is 0. The highest BCUT2D eigenvalue weighted by Crippen LogP contribution is 2.38. The fourth-order valence-corrected chi connectivity index (χ4v) is 4.33. The maximum atomic E-state index is 12.8. The summed E-state index contributed by atoms with van der Waals surface area (Å²) in [5.74, 6) is 0.956. The molecule has 0 aromatic heterocycles. The maximum Gasteiger partial charge on any atom is 0.270 e. The summed E-state index contributed by atoms with van der Waals surface area (Å²) in [5, 5.41) is 9.95. The number of hydrogen-bond acceptors (Lipinski definition) is 6. The van der Waals surface area contributed by atoms with Crippen molar-refractivity contribution in [1.82, 2.24) is 0 Å². The Morgan fingerprint density at radius 3 is 2.50 bits per heavy atom. The van der Waals surface area contributed by atoms with E-state index in [2.05, 4.69) is 0 Å². The van der Waals surface area contributed by atoms with E-state index in [1.807, 2.05) is 22.6 Å². The maximum absolute atomic E-state index is 12.8. The summed E-state index contributed by atoms with van der Waals surface area (Å²) in [4.78, 5) is 14.8. The third-order valence-corrected chi connectivity index (χ3v) is 5.82. The number of nitrogens with zero attached hydrogens (tertiary/aromatic N) is 1. The molecule has 1 amide bonds. The van der Waals surface area contributed by atoms with Crippen molar-refractivity contribution in [2.24, 2.45) is 0 Å². The van der Waals surface area contributed by atoms with E-state index in [1.54, 1.807) is 49.6 Å². The van der Waals surface area contributed by atoms with Crippen LogP contribution in [0.5, 0.6) is 17.2 Å². The molecule has 1 heterocycles. The molecule has 0 atom stereocenters. The largest absolute Gasteiger partial charge is 0.504 e. The fourth-order valence-electron chi connectivity index (χ4n) is 2.41. The van der Waals surface area contributed by atoms with Crippen LogP contribution in [-0.2, 0) is 4.79 Å². The summed E-state index contributed by atoms with van der Waals surface area (Å²) >= 11 is 8.63. The van der Waals surface area contributed by atoms with Crippen LogP contribution < -0.4 is 14.4 Å². The Morgan fingerprint density at radius 1 is 1.19 bits per heavy atom. The first-order chi connectivity index (χ1) is 12.4. The van der Waals surface area contributed by atoms with Gasteiger partial charge >= 0.3 is 0 Å². The topological polar surface area (TPSA) is 59.0 Å². The average Bonchev–Trinajstić information content (AvgIpc) is 2.91. The van der Waals surface area contributed by atoms with Crippen molar-refractivity contribution in [3.8, 4) is 17.2 Å². The Hall–Kier alpha value is -1.78. The van der Waals surface area contributed by atoms with Gasteiger partial charge in [-0.2, -0.15) is 0 Å². The monoisotopic (exact) mass is 499 g/mol. The Balaban J connectivity index is 1.93. The van der Waals surface area contributed by atoms with Crippen molar-refractivity contribution in [3.05, 3.63) is 50.4 Å². The van der Waals surface area contributed by atoms with Crippen molar-refractivity contribution in [2.45, 2.75) is 0 Å². The van der Waals surface area contributed by atoms with Gasteiger partial charge in [-0.25, -0.2) is 0 Å². The Morgan fingerprint density at radius 2 is 1.88 bits per heavy atom. The molecule has 8 heteroatoms. The molecule has 134 valence electrons.